The fourth-order valence-corrected chi connectivity index (χ4v) is 4.72. The third-order valence-corrected chi connectivity index (χ3v) is 6.41. The lowest BCUT2D eigenvalue weighted by molar-refractivity contribution is -0.126. The van der Waals surface area contributed by atoms with E-state index in [1.807, 2.05) is 0 Å². The topological polar surface area (TPSA) is 158 Å². The number of carbonyl (C=O) groups is 1. The minimum Gasteiger partial charge on any atom is -0.355 e. The van der Waals surface area contributed by atoms with Crippen LogP contribution in [0, 0.1) is 5.92 Å². The number of piperidine rings is 1. The van der Waals surface area contributed by atoms with E-state index in [0.717, 1.165) is 0 Å². The first kappa shape index (κ1) is 19.3. The molecule has 1 atom stereocenters. The number of H-pyrrole nitrogens is 2. The van der Waals surface area contributed by atoms with E-state index in [1.54, 1.807) is 0 Å². The molecule has 1 saturated heterocycles. The Labute approximate surface area is 154 Å². The lowest BCUT2D eigenvalue weighted by atomic mass is 9.99. The molecule has 0 radical (unpaired) electrons. The van der Waals surface area contributed by atoms with Gasteiger partial charge in [0.1, 0.15) is 0 Å². The number of sulfonamides is 1. The van der Waals surface area contributed by atoms with Crippen molar-refractivity contribution in [3.05, 3.63) is 39.0 Å². The van der Waals surface area contributed by atoms with Gasteiger partial charge >= 0.3 is 5.69 Å². The molecular weight excluding hydrogens is 374 g/mol. The summed E-state index contributed by atoms with van der Waals surface area (Å²) in [4.78, 5) is 39.9. The average Bonchev–Trinajstić information content (AvgIpc) is 2.65. The second-order valence-electron chi connectivity index (χ2n) is 6.40. The summed E-state index contributed by atoms with van der Waals surface area (Å²) in [6, 6.07) is 3.96. The van der Waals surface area contributed by atoms with Gasteiger partial charge in [-0.3, -0.25) is 14.6 Å². The van der Waals surface area contributed by atoms with E-state index in [-0.39, 0.29) is 28.3 Å². The third-order valence-electron chi connectivity index (χ3n) is 4.55. The summed E-state index contributed by atoms with van der Waals surface area (Å²) in [7, 11) is -3.88. The van der Waals surface area contributed by atoms with Crippen LogP contribution in [-0.2, 0) is 14.8 Å². The van der Waals surface area contributed by atoms with Crippen molar-refractivity contribution < 1.29 is 13.2 Å². The summed E-state index contributed by atoms with van der Waals surface area (Å²) in [6.07, 6.45) is 1.16. The summed E-state index contributed by atoms with van der Waals surface area (Å²) in [5.41, 5.74) is 4.30. The van der Waals surface area contributed by atoms with E-state index in [0.29, 0.717) is 32.5 Å². The Morgan fingerprint density at radius 1 is 1.30 bits per heavy atom. The summed E-state index contributed by atoms with van der Waals surface area (Å²) in [5, 5.41) is 2.76. The molecule has 11 heteroatoms. The molecule has 1 fully saturated rings. The van der Waals surface area contributed by atoms with Gasteiger partial charge in [0, 0.05) is 26.2 Å². The van der Waals surface area contributed by atoms with Crippen LogP contribution in [0.2, 0.25) is 0 Å². The molecule has 146 valence electrons. The fourth-order valence-electron chi connectivity index (χ4n) is 3.17. The molecule has 3 rings (SSSR count). The number of hydrogen-bond donors (Lipinski definition) is 4. The quantitative estimate of drug-likeness (QED) is 0.492. The predicted molar refractivity (Wildman–Crippen MR) is 98.7 cm³/mol. The van der Waals surface area contributed by atoms with Crippen molar-refractivity contribution in [2.45, 2.75) is 17.7 Å². The molecule has 1 aliphatic heterocycles. The highest BCUT2D eigenvalue weighted by Gasteiger charge is 2.33. The van der Waals surface area contributed by atoms with Crippen molar-refractivity contribution in [2.24, 2.45) is 11.7 Å². The van der Waals surface area contributed by atoms with Gasteiger partial charge in [-0.15, -0.1) is 0 Å². The van der Waals surface area contributed by atoms with Crippen molar-refractivity contribution in [1.29, 1.82) is 0 Å². The highest BCUT2D eigenvalue weighted by molar-refractivity contribution is 7.89. The van der Waals surface area contributed by atoms with Crippen molar-refractivity contribution in [2.75, 3.05) is 26.2 Å². The van der Waals surface area contributed by atoms with E-state index >= 15 is 0 Å². The first-order valence-corrected chi connectivity index (χ1v) is 10.0. The normalized spacial score (nSPS) is 18.5. The molecule has 0 aliphatic carbocycles. The maximum absolute atomic E-state index is 13.0. The van der Waals surface area contributed by atoms with Crippen molar-refractivity contribution >= 4 is 26.8 Å². The van der Waals surface area contributed by atoms with Crippen molar-refractivity contribution in [3.8, 4) is 0 Å². The smallest absolute Gasteiger partial charge is 0.326 e. The number of aromatic nitrogens is 2. The molecule has 0 spiro atoms. The fraction of sp³-hybridized carbons (Fsp3) is 0.438. The molecule has 1 unspecified atom stereocenters. The van der Waals surface area contributed by atoms with E-state index in [1.165, 1.54) is 22.5 Å². The minimum absolute atomic E-state index is 0.0597. The highest BCUT2D eigenvalue weighted by Crippen LogP contribution is 2.25. The van der Waals surface area contributed by atoms with E-state index < -0.39 is 27.2 Å². The Bertz CT molecular complexity index is 1070. The van der Waals surface area contributed by atoms with Crippen LogP contribution in [0.1, 0.15) is 12.8 Å². The van der Waals surface area contributed by atoms with Crippen LogP contribution in [0.3, 0.4) is 0 Å². The monoisotopic (exact) mass is 395 g/mol. The molecule has 1 aromatic heterocycles. The molecule has 5 N–H and O–H groups in total. The van der Waals surface area contributed by atoms with Crippen molar-refractivity contribution in [1.82, 2.24) is 19.6 Å². The standard InChI is InChI=1S/C16H21N5O5S/c17-5-6-18-14(22)10-2-1-7-21(9-10)27(25,26)11-3-4-13-12(8-11)15(23)20-16(24)19-13/h3-4,8,10H,1-2,5-7,9,17H2,(H,18,22)(H2,19,20,23,24). The third kappa shape index (κ3) is 3.94. The average molecular weight is 395 g/mol. The lowest BCUT2D eigenvalue weighted by Gasteiger charge is -2.31. The Balaban J connectivity index is 1.89. The largest absolute Gasteiger partial charge is 0.355 e. The van der Waals surface area contributed by atoms with Gasteiger partial charge in [0.2, 0.25) is 15.9 Å². The Kier molecular flexibility index (Phi) is 5.44. The van der Waals surface area contributed by atoms with Gasteiger partial charge in [-0.1, -0.05) is 0 Å². The van der Waals surface area contributed by atoms with Gasteiger partial charge in [0.05, 0.1) is 21.7 Å². The Morgan fingerprint density at radius 2 is 2.07 bits per heavy atom. The van der Waals surface area contributed by atoms with Gasteiger partial charge < -0.3 is 16.0 Å². The number of nitrogens with zero attached hydrogens (tertiary/aromatic N) is 1. The number of aromatic amines is 2. The van der Waals surface area contributed by atoms with E-state index in [9.17, 15) is 22.8 Å². The second kappa shape index (κ2) is 7.62. The summed E-state index contributed by atoms with van der Waals surface area (Å²) >= 11 is 0. The summed E-state index contributed by atoms with van der Waals surface area (Å²) < 4.78 is 27.2. The van der Waals surface area contributed by atoms with Crippen LogP contribution in [0.25, 0.3) is 10.9 Å². The molecular formula is C16H21N5O5S. The Hall–Kier alpha value is -2.50. The maximum Gasteiger partial charge on any atom is 0.326 e. The summed E-state index contributed by atoms with van der Waals surface area (Å²) in [6.45, 7) is 1.02. The van der Waals surface area contributed by atoms with Gasteiger partial charge in [0.15, 0.2) is 0 Å². The number of amides is 1. The molecule has 10 nitrogen and oxygen atoms in total. The molecule has 1 aromatic carbocycles. The van der Waals surface area contributed by atoms with Crippen LogP contribution in [-0.4, -0.2) is 54.8 Å². The number of benzene rings is 1. The van der Waals surface area contributed by atoms with Crippen LogP contribution in [0.5, 0.6) is 0 Å². The summed E-state index contributed by atoms with van der Waals surface area (Å²) in [5.74, 6) is -0.659. The highest BCUT2D eigenvalue weighted by atomic mass is 32.2. The first-order chi connectivity index (χ1) is 12.8. The lowest BCUT2D eigenvalue weighted by Crippen LogP contribution is -2.46. The SMILES string of the molecule is NCCNC(=O)C1CCCN(S(=O)(=O)c2ccc3[nH]c(=O)[nH]c(=O)c3c2)C1. The molecule has 2 heterocycles. The van der Waals surface area contributed by atoms with Gasteiger partial charge in [-0.2, -0.15) is 4.31 Å². The number of hydrogen-bond acceptors (Lipinski definition) is 6. The number of nitrogens with two attached hydrogens (primary N) is 1. The molecule has 1 amide bonds. The zero-order chi connectivity index (χ0) is 19.6. The predicted octanol–water partition coefficient (Wildman–Crippen LogP) is -1.31. The van der Waals surface area contributed by atoms with Gasteiger partial charge in [-0.05, 0) is 31.0 Å². The van der Waals surface area contributed by atoms with Crippen LogP contribution < -0.4 is 22.3 Å². The number of rotatable bonds is 5. The molecule has 2 aromatic rings. The van der Waals surface area contributed by atoms with Gasteiger partial charge in [-0.25, -0.2) is 13.2 Å². The van der Waals surface area contributed by atoms with E-state index in [2.05, 4.69) is 15.3 Å². The zero-order valence-corrected chi connectivity index (χ0v) is 15.3. The molecule has 27 heavy (non-hydrogen) atoms. The number of carbonyl (C=O) groups excluding carboxylic acids is 1. The molecule has 0 bridgehead atoms. The zero-order valence-electron chi connectivity index (χ0n) is 14.5. The number of nitrogens with one attached hydrogen (secondary N) is 3. The van der Waals surface area contributed by atoms with Crippen LogP contribution in [0.4, 0.5) is 0 Å². The number of fused-ring (bicyclic) bond motifs is 1. The maximum atomic E-state index is 13.0. The second-order valence-corrected chi connectivity index (χ2v) is 8.34. The van der Waals surface area contributed by atoms with Crippen molar-refractivity contribution in [3.63, 3.8) is 0 Å². The molecule has 1 aliphatic rings. The van der Waals surface area contributed by atoms with Crippen LogP contribution >= 0.6 is 0 Å². The minimum atomic E-state index is -3.88. The molecule has 0 saturated carbocycles. The van der Waals surface area contributed by atoms with Crippen LogP contribution in [0.15, 0.2) is 32.7 Å². The Morgan fingerprint density at radius 3 is 2.81 bits per heavy atom. The van der Waals surface area contributed by atoms with E-state index in [4.69, 9.17) is 5.73 Å². The first-order valence-electron chi connectivity index (χ1n) is 8.57. The van der Waals surface area contributed by atoms with Gasteiger partial charge in [0.25, 0.3) is 5.56 Å².